The molecule has 0 saturated heterocycles. The Morgan fingerprint density at radius 3 is 1.35 bits per heavy atom. The van der Waals surface area contributed by atoms with Gasteiger partial charge >= 0.3 is 11.9 Å². The zero-order chi connectivity index (χ0) is 13.2. The first kappa shape index (κ1) is 11.1. The Hall–Kier alpha value is -2.38. The van der Waals surface area contributed by atoms with Crippen LogP contribution in [0.25, 0.3) is 0 Å². The Bertz CT molecular complexity index is 469. The molecule has 17 heavy (non-hydrogen) atoms. The summed E-state index contributed by atoms with van der Waals surface area (Å²) in [7, 11) is 0. The van der Waals surface area contributed by atoms with Crippen LogP contribution in [0.4, 0.5) is 0 Å². The van der Waals surface area contributed by atoms with Gasteiger partial charge in [0.25, 0.3) is 0 Å². The van der Waals surface area contributed by atoms with E-state index in [1.54, 1.807) is 0 Å². The van der Waals surface area contributed by atoms with Crippen molar-refractivity contribution in [3.63, 3.8) is 0 Å². The van der Waals surface area contributed by atoms with Crippen LogP contribution >= 0.6 is 0 Å². The Kier molecular flexibility index (Phi) is 1.73. The second kappa shape index (κ2) is 2.65. The van der Waals surface area contributed by atoms with E-state index in [4.69, 9.17) is 10.2 Å². The molecular formula is C9H8O8. The molecule has 0 aliphatic heterocycles. The summed E-state index contributed by atoms with van der Waals surface area (Å²) in [6.07, 6.45) is -0.642. The van der Waals surface area contributed by atoms with Crippen molar-refractivity contribution in [3.8, 4) is 0 Å². The Morgan fingerprint density at radius 1 is 0.824 bits per heavy atom. The van der Waals surface area contributed by atoms with Gasteiger partial charge < -0.3 is 30.6 Å². The molecular weight excluding hydrogens is 236 g/mol. The number of aliphatic hydroxyl groups is 4. The molecule has 1 saturated carbocycles. The van der Waals surface area contributed by atoms with Crippen LogP contribution in [0.5, 0.6) is 0 Å². The Balaban J connectivity index is 2.76. The second-order valence-corrected chi connectivity index (χ2v) is 3.99. The van der Waals surface area contributed by atoms with Gasteiger partial charge in [-0.3, -0.25) is 9.59 Å². The minimum absolute atomic E-state index is 0.642. The molecule has 2 aliphatic carbocycles. The molecule has 0 aromatic rings. The lowest BCUT2D eigenvalue weighted by atomic mass is 9.84. The molecule has 2 unspecified atom stereocenters. The first-order valence-electron chi connectivity index (χ1n) is 4.46. The molecule has 0 bridgehead atoms. The van der Waals surface area contributed by atoms with E-state index in [0.29, 0.717) is 0 Å². The average molecular weight is 244 g/mol. The van der Waals surface area contributed by atoms with Gasteiger partial charge in [-0.25, -0.2) is 0 Å². The molecule has 8 heteroatoms. The summed E-state index contributed by atoms with van der Waals surface area (Å²) < 4.78 is 0. The van der Waals surface area contributed by atoms with Crippen molar-refractivity contribution in [2.24, 2.45) is 10.8 Å². The minimum atomic E-state index is -2.32. The quantitative estimate of drug-likeness (QED) is 0.402. The monoisotopic (exact) mass is 244 g/mol. The van der Waals surface area contributed by atoms with E-state index in [1.165, 1.54) is 0 Å². The molecule has 2 aliphatic rings. The van der Waals surface area contributed by atoms with E-state index in [2.05, 4.69) is 0 Å². The van der Waals surface area contributed by atoms with E-state index in [1.807, 2.05) is 0 Å². The molecule has 6 N–H and O–H groups in total. The number of hydrogen-bond acceptors (Lipinski definition) is 6. The maximum atomic E-state index is 11.1. The molecule has 0 amide bonds. The maximum Gasteiger partial charge on any atom is 0.319 e. The number of carboxylic acid groups (broad SMARTS) is 2. The maximum absolute atomic E-state index is 11.1. The highest BCUT2D eigenvalue weighted by atomic mass is 16.4. The largest absolute Gasteiger partial charge is 0.507 e. The number of hydrogen-bond donors (Lipinski definition) is 6. The number of fused-ring (bicyclic) bond motifs is 1. The molecule has 0 radical (unpaired) electrons. The highest BCUT2D eigenvalue weighted by Gasteiger charge is 2.85. The summed E-state index contributed by atoms with van der Waals surface area (Å²) in [5.41, 5.74) is -4.64. The van der Waals surface area contributed by atoms with Crippen LogP contribution in [0.3, 0.4) is 0 Å². The lowest BCUT2D eigenvalue weighted by molar-refractivity contribution is -0.153. The summed E-state index contributed by atoms with van der Waals surface area (Å²) in [5, 5.41) is 55.4. The molecule has 0 aromatic heterocycles. The van der Waals surface area contributed by atoms with Crippen molar-refractivity contribution in [1.82, 2.24) is 0 Å². The first-order chi connectivity index (χ1) is 7.73. The van der Waals surface area contributed by atoms with Gasteiger partial charge in [0.05, 0.1) is 0 Å². The van der Waals surface area contributed by atoms with Gasteiger partial charge in [0.1, 0.15) is 0 Å². The fraction of sp³-hybridized carbons (Fsp3) is 0.333. The van der Waals surface area contributed by atoms with Crippen LogP contribution < -0.4 is 0 Å². The summed E-state index contributed by atoms with van der Waals surface area (Å²) in [6.45, 7) is 0. The Morgan fingerprint density at radius 2 is 1.12 bits per heavy atom. The smallest absolute Gasteiger partial charge is 0.319 e. The van der Waals surface area contributed by atoms with Crippen molar-refractivity contribution in [1.29, 1.82) is 0 Å². The fourth-order valence-electron chi connectivity index (χ4n) is 2.27. The Labute approximate surface area is 93.4 Å². The lowest BCUT2D eigenvalue weighted by Gasteiger charge is -2.23. The van der Waals surface area contributed by atoms with Crippen molar-refractivity contribution < 1.29 is 40.2 Å². The predicted octanol–water partition coefficient (Wildman–Crippen LogP) is 0.201. The summed E-state index contributed by atoms with van der Waals surface area (Å²) in [5.74, 6) is -8.19. The fourth-order valence-corrected chi connectivity index (χ4v) is 2.27. The zero-order valence-electron chi connectivity index (χ0n) is 8.21. The summed E-state index contributed by atoms with van der Waals surface area (Å²) in [6, 6.07) is 0. The topological polar surface area (TPSA) is 156 Å². The highest BCUT2D eigenvalue weighted by molar-refractivity contribution is 5.99. The minimum Gasteiger partial charge on any atom is -0.507 e. The summed E-state index contributed by atoms with van der Waals surface area (Å²) >= 11 is 0. The SMILES string of the molecule is O=C(O)C12CC1(C(=O)O)C(O)=C(O)C(O)=C2O. The third-order valence-electron chi connectivity index (χ3n) is 3.35. The molecule has 0 spiro atoms. The molecule has 92 valence electrons. The van der Waals surface area contributed by atoms with E-state index >= 15 is 0 Å². The van der Waals surface area contributed by atoms with Gasteiger partial charge in [0.15, 0.2) is 22.3 Å². The van der Waals surface area contributed by atoms with Crippen LogP contribution in [-0.2, 0) is 9.59 Å². The highest BCUT2D eigenvalue weighted by Crippen LogP contribution is 2.73. The molecule has 8 nitrogen and oxygen atoms in total. The number of carbonyl (C=O) groups is 2. The van der Waals surface area contributed by atoms with E-state index in [0.717, 1.165) is 0 Å². The lowest BCUT2D eigenvalue weighted by Crippen LogP contribution is -2.36. The predicted molar refractivity (Wildman–Crippen MR) is 49.3 cm³/mol. The van der Waals surface area contributed by atoms with Gasteiger partial charge in [-0.2, -0.15) is 0 Å². The third kappa shape index (κ3) is 0.846. The van der Waals surface area contributed by atoms with Crippen molar-refractivity contribution in [3.05, 3.63) is 23.0 Å². The third-order valence-corrected chi connectivity index (χ3v) is 3.35. The van der Waals surface area contributed by atoms with Gasteiger partial charge in [0, 0.05) is 0 Å². The van der Waals surface area contributed by atoms with E-state index in [9.17, 15) is 30.0 Å². The number of aliphatic hydroxyl groups excluding tert-OH is 4. The van der Waals surface area contributed by atoms with Gasteiger partial charge in [-0.15, -0.1) is 0 Å². The number of rotatable bonds is 2. The molecule has 0 heterocycles. The van der Waals surface area contributed by atoms with Crippen LogP contribution in [0.15, 0.2) is 23.0 Å². The van der Waals surface area contributed by atoms with Crippen LogP contribution in [0.1, 0.15) is 6.42 Å². The standard InChI is InChI=1S/C9H8O8/c10-2-3(11)5(13)9(7(16)17)1-8(9,4(2)12)6(14)15/h10-13H,1H2,(H,14,15)(H,16,17). The normalized spacial score (nSPS) is 35.5. The first-order valence-corrected chi connectivity index (χ1v) is 4.46. The molecule has 2 rings (SSSR count). The van der Waals surface area contributed by atoms with Gasteiger partial charge in [-0.05, 0) is 6.42 Å². The van der Waals surface area contributed by atoms with E-state index < -0.39 is 52.2 Å². The van der Waals surface area contributed by atoms with E-state index in [-0.39, 0.29) is 0 Å². The van der Waals surface area contributed by atoms with Crippen molar-refractivity contribution in [2.75, 3.05) is 0 Å². The number of aliphatic carboxylic acids is 2. The van der Waals surface area contributed by atoms with Gasteiger partial charge in [-0.1, -0.05) is 0 Å². The molecule has 2 atom stereocenters. The molecule has 1 fully saturated rings. The summed E-state index contributed by atoms with van der Waals surface area (Å²) in [4.78, 5) is 22.1. The second-order valence-electron chi connectivity index (χ2n) is 3.99. The number of carboxylic acids is 2. The molecule has 0 aromatic carbocycles. The average Bonchev–Trinajstić information content (AvgIpc) is 2.96. The van der Waals surface area contributed by atoms with Crippen molar-refractivity contribution >= 4 is 11.9 Å². The van der Waals surface area contributed by atoms with Crippen LogP contribution in [-0.4, -0.2) is 42.6 Å². The van der Waals surface area contributed by atoms with Crippen LogP contribution in [0.2, 0.25) is 0 Å². The van der Waals surface area contributed by atoms with Crippen molar-refractivity contribution in [2.45, 2.75) is 6.42 Å². The van der Waals surface area contributed by atoms with Gasteiger partial charge in [0.2, 0.25) is 11.5 Å². The van der Waals surface area contributed by atoms with Crippen LogP contribution in [0, 0.1) is 10.8 Å². The zero-order valence-corrected chi connectivity index (χ0v) is 8.21.